The first-order valence-electron chi connectivity index (χ1n) is 8.05. The molecule has 4 nitrogen and oxygen atoms in total. The van der Waals surface area contributed by atoms with Gasteiger partial charge in [0.05, 0.1) is 0 Å². The number of benzene rings is 1. The summed E-state index contributed by atoms with van der Waals surface area (Å²) in [5, 5.41) is 6.19. The number of nitrogens with one attached hydrogen (secondary N) is 1. The Morgan fingerprint density at radius 1 is 1.19 bits per heavy atom. The summed E-state index contributed by atoms with van der Waals surface area (Å²) in [6.07, 6.45) is 6.03. The number of ether oxygens (including phenoxy) is 1. The van der Waals surface area contributed by atoms with Crippen molar-refractivity contribution in [1.29, 1.82) is 0 Å². The molecule has 0 aliphatic carbocycles. The predicted molar refractivity (Wildman–Crippen MR) is 89.1 cm³/mol. The molecule has 0 amide bonds. The van der Waals surface area contributed by atoms with Gasteiger partial charge in [0, 0.05) is 25.4 Å². The second-order valence-corrected chi connectivity index (χ2v) is 5.41. The highest BCUT2D eigenvalue weighted by molar-refractivity contribution is 5.50. The van der Waals surface area contributed by atoms with Gasteiger partial charge in [0.1, 0.15) is 5.69 Å². The van der Waals surface area contributed by atoms with Crippen molar-refractivity contribution in [3.05, 3.63) is 29.2 Å². The van der Waals surface area contributed by atoms with Crippen LogP contribution in [0.25, 0.3) is 0 Å². The zero-order valence-electron chi connectivity index (χ0n) is 13.3. The van der Waals surface area contributed by atoms with E-state index in [0.29, 0.717) is 11.6 Å². The maximum Gasteiger partial charge on any atom is 0.108 e. The van der Waals surface area contributed by atoms with E-state index in [1.54, 1.807) is 12.1 Å². The summed E-state index contributed by atoms with van der Waals surface area (Å²) in [6.45, 7) is 7.03. The molecule has 0 radical (unpaired) electrons. The molecule has 1 N–H and O–H groups in total. The van der Waals surface area contributed by atoms with E-state index in [1.165, 1.54) is 25.7 Å². The van der Waals surface area contributed by atoms with Gasteiger partial charge in [-0.15, -0.1) is 4.91 Å². The third-order valence-corrected chi connectivity index (χ3v) is 3.66. The van der Waals surface area contributed by atoms with Crippen LogP contribution in [0.3, 0.4) is 0 Å². The van der Waals surface area contributed by atoms with Crippen LogP contribution in [0.5, 0.6) is 0 Å². The molecule has 1 rings (SSSR count). The van der Waals surface area contributed by atoms with Crippen molar-refractivity contribution < 1.29 is 4.74 Å². The van der Waals surface area contributed by atoms with Crippen molar-refractivity contribution in [2.45, 2.75) is 46.0 Å². The molecule has 0 aromatic heterocycles. The molecule has 0 aliphatic rings. The number of hydrogen-bond donors (Lipinski definition) is 1. The van der Waals surface area contributed by atoms with E-state index in [2.05, 4.69) is 24.3 Å². The van der Waals surface area contributed by atoms with Crippen LogP contribution in [0.1, 0.15) is 46.0 Å². The average Bonchev–Trinajstić information content (AvgIpc) is 2.54. The number of nitroso groups, excluding NO2 is 1. The van der Waals surface area contributed by atoms with Crippen LogP contribution in [-0.2, 0) is 4.74 Å². The molecule has 1 atom stereocenters. The first-order valence-corrected chi connectivity index (χ1v) is 8.05. The first-order chi connectivity index (χ1) is 10.3. The Morgan fingerprint density at radius 3 is 2.57 bits per heavy atom. The minimum Gasteiger partial charge on any atom is -0.385 e. The normalized spacial score (nSPS) is 12.1. The summed E-state index contributed by atoms with van der Waals surface area (Å²) < 4.78 is 5.76. The van der Waals surface area contributed by atoms with Crippen LogP contribution in [0.4, 0.5) is 11.4 Å². The van der Waals surface area contributed by atoms with E-state index in [9.17, 15) is 4.91 Å². The minimum absolute atomic E-state index is 0.460. The molecule has 21 heavy (non-hydrogen) atoms. The zero-order valence-corrected chi connectivity index (χ0v) is 13.3. The van der Waals surface area contributed by atoms with Gasteiger partial charge in [-0.3, -0.25) is 0 Å². The lowest BCUT2D eigenvalue weighted by Crippen LogP contribution is -2.11. The van der Waals surface area contributed by atoms with Crippen LogP contribution in [-0.4, -0.2) is 19.8 Å². The Morgan fingerprint density at radius 2 is 1.95 bits per heavy atom. The number of hydrogen-bond acceptors (Lipinski definition) is 4. The molecule has 1 aromatic carbocycles. The van der Waals surface area contributed by atoms with Gasteiger partial charge in [0.2, 0.25) is 0 Å². The van der Waals surface area contributed by atoms with Crippen molar-refractivity contribution in [2.75, 3.05) is 25.1 Å². The summed E-state index contributed by atoms with van der Waals surface area (Å²) >= 11 is 0. The van der Waals surface area contributed by atoms with Gasteiger partial charge in [-0.25, -0.2) is 0 Å². The van der Waals surface area contributed by atoms with Crippen molar-refractivity contribution >= 4 is 11.4 Å². The van der Waals surface area contributed by atoms with Gasteiger partial charge in [-0.2, -0.15) is 0 Å². The highest BCUT2D eigenvalue weighted by Crippen LogP contribution is 2.15. The van der Waals surface area contributed by atoms with Crippen LogP contribution >= 0.6 is 0 Å². The Bertz CT molecular complexity index is 379. The van der Waals surface area contributed by atoms with Crippen molar-refractivity contribution in [1.82, 2.24) is 0 Å². The molecular formula is C17H28N2O2. The molecule has 4 heteroatoms. The largest absolute Gasteiger partial charge is 0.385 e. The van der Waals surface area contributed by atoms with E-state index in [-0.39, 0.29) is 0 Å². The Balaban J connectivity index is 2.06. The first kappa shape index (κ1) is 17.6. The smallest absolute Gasteiger partial charge is 0.108 e. The Hall–Kier alpha value is -1.42. The van der Waals surface area contributed by atoms with Gasteiger partial charge in [0.15, 0.2) is 0 Å². The summed E-state index contributed by atoms with van der Waals surface area (Å²) in [5.74, 6) is 0.710. The zero-order chi connectivity index (χ0) is 15.3. The molecule has 0 saturated heterocycles. The number of nitrogens with zero attached hydrogens (tertiary/aromatic N) is 1. The molecular weight excluding hydrogens is 264 g/mol. The fourth-order valence-corrected chi connectivity index (χ4v) is 2.20. The van der Waals surface area contributed by atoms with Crippen LogP contribution < -0.4 is 5.32 Å². The Kier molecular flexibility index (Phi) is 9.46. The van der Waals surface area contributed by atoms with Crippen molar-refractivity contribution in [3.8, 4) is 0 Å². The quantitative estimate of drug-likeness (QED) is 0.429. The summed E-state index contributed by atoms with van der Waals surface area (Å²) in [4.78, 5) is 10.3. The van der Waals surface area contributed by atoms with E-state index in [1.807, 2.05) is 12.1 Å². The monoisotopic (exact) mass is 292 g/mol. The van der Waals surface area contributed by atoms with Gasteiger partial charge >= 0.3 is 0 Å². The van der Waals surface area contributed by atoms with Crippen molar-refractivity contribution in [3.63, 3.8) is 0 Å². The van der Waals surface area contributed by atoms with E-state index >= 15 is 0 Å². The second kappa shape index (κ2) is 11.3. The SMILES string of the molecule is CCCCC(CC)COCCCNc1ccc(N=O)cc1. The topological polar surface area (TPSA) is 50.7 Å². The fourth-order valence-electron chi connectivity index (χ4n) is 2.20. The molecule has 0 saturated carbocycles. The Labute approximate surface area is 128 Å². The van der Waals surface area contributed by atoms with Crippen molar-refractivity contribution in [2.24, 2.45) is 11.1 Å². The number of unbranched alkanes of at least 4 members (excludes halogenated alkanes) is 1. The van der Waals surface area contributed by atoms with Crippen LogP contribution in [0.15, 0.2) is 29.4 Å². The molecule has 1 unspecified atom stereocenters. The summed E-state index contributed by atoms with van der Waals surface area (Å²) in [6, 6.07) is 7.17. The number of rotatable bonds is 12. The predicted octanol–water partition coefficient (Wildman–Crippen LogP) is 5.12. The third kappa shape index (κ3) is 7.81. The lowest BCUT2D eigenvalue weighted by Gasteiger charge is -2.14. The molecule has 0 fully saturated rings. The van der Waals surface area contributed by atoms with Gasteiger partial charge in [-0.1, -0.05) is 33.1 Å². The molecule has 0 aliphatic heterocycles. The van der Waals surface area contributed by atoms with Gasteiger partial charge in [0.25, 0.3) is 0 Å². The fraction of sp³-hybridized carbons (Fsp3) is 0.647. The average molecular weight is 292 g/mol. The summed E-state index contributed by atoms with van der Waals surface area (Å²) in [5.41, 5.74) is 1.47. The molecule has 118 valence electrons. The maximum atomic E-state index is 10.3. The molecule has 0 heterocycles. The van der Waals surface area contributed by atoms with E-state index < -0.39 is 0 Å². The highest BCUT2D eigenvalue weighted by Gasteiger charge is 2.05. The van der Waals surface area contributed by atoms with Crippen LogP contribution in [0.2, 0.25) is 0 Å². The van der Waals surface area contributed by atoms with E-state index in [0.717, 1.165) is 31.9 Å². The maximum absolute atomic E-state index is 10.3. The number of anilines is 1. The van der Waals surface area contributed by atoms with Gasteiger partial charge in [-0.05, 0) is 48.2 Å². The lowest BCUT2D eigenvalue weighted by molar-refractivity contribution is 0.0937. The van der Waals surface area contributed by atoms with E-state index in [4.69, 9.17) is 4.74 Å². The third-order valence-electron chi connectivity index (χ3n) is 3.66. The summed E-state index contributed by atoms with van der Waals surface area (Å²) in [7, 11) is 0. The lowest BCUT2D eigenvalue weighted by atomic mass is 10.0. The standard InChI is InChI=1S/C17H28N2O2/c1-3-5-7-15(4-2)14-21-13-6-12-18-16-8-10-17(19-20)11-9-16/h8-11,15,18H,3-7,12-14H2,1-2H3. The molecule has 0 spiro atoms. The highest BCUT2D eigenvalue weighted by atomic mass is 16.5. The molecule has 0 bridgehead atoms. The van der Waals surface area contributed by atoms with Gasteiger partial charge < -0.3 is 10.1 Å². The van der Waals surface area contributed by atoms with Crippen LogP contribution in [0, 0.1) is 10.8 Å². The molecule has 1 aromatic rings. The minimum atomic E-state index is 0.460. The second-order valence-electron chi connectivity index (χ2n) is 5.41.